The molecule has 2 aromatic carbocycles. The van der Waals surface area contributed by atoms with Crippen molar-refractivity contribution in [1.29, 1.82) is 5.26 Å². The minimum atomic E-state index is 0.580. The van der Waals surface area contributed by atoms with Gasteiger partial charge in [0.15, 0.2) is 5.82 Å². The molecule has 5 heteroatoms. The Labute approximate surface area is 165 Å². The highest BCUT2D eigenvalue weighted by Crippen LogP contribution is 2.46. The zero-order chi connectivity index (χ0) is 19.3. The quantitative estimate of drug-likeness (QED) is 0.766. The van der Waals surface area contributed by atoms with Gasteiger partial charge in [0.25, 0.3) is 0 Å². The van der Waals surface area contributed by atoms with Crippen LogP contribution in [0.5, 0.6) is 0 Å². The lowest BCUT2D eigenvalue weighted by atomic mass is 10.1. The summed E-state index contributed by atoms with van der Waals surface area (Å²) < 4.78 is 1.99. The lowest BCUT2D eigenvalue weighted by molar-refractivity contribution is 0.648. The lowest BCUT2D eigenvalue weighted by Gasteiger charge is -2.18. The molecule has 2 heterocycles. The van der Waals surface area contributed by atoms with E-state index in [2.05, 4.69) is 60.6 Å². The van der Waals surface area contributed by atoms with E-state index in [-0.39, 0.29) is 0 Å². The molecule has 3 aromatic rings. The topological polar surface area (TPSA) is 56.9 Å². The highest BCUT2D eigenvalue weighted by molar-refractivity contribution is 5.67. The Morgan fingerprint density at radius 3 is 2.39 bits per heavy atom. The largest absolute Gasteiger partial charge is 0.355 e. The molecular weight excluding hydrogens is 346 g/mol. The molecule has 140 valence electrons. The van der Waals surface area contributed by atoms with Crippen LogP contribution in [0.3, 0.4) is 0 Å². The average molecular weight is 369 g/mol. The Balaban J connectivity index is 1.56. The highest BCUT2D eigenvalue weighted by Gasteiger charge is 2.55. The van der Waals surface area contributed by atoms with Crippen LogP contribution in [0.2, 0.25) is 0 Å². The number of piperidine rings is 1. The smallest absolute Gasteiger partial charge is 0.151 e. The summed E-state index contributed by atoms with van der Waals surface area (Å²) in [6, 6.07) is 21.1. The van der Waals surface area contributed by atoms with Crippen molar-refractivity contribution < 1.29 is 0 Å². The molecule has 1 saturated carbocycles. The maximum atomic E-state index is 9.10. The summed E-state index contributed by atoms with van der Waals surface area (Å²) in [5, 5.41) is 17.5. The molecule has 3 atom stereocenters. The van der Waals surface area contributed by atoms with Crippen molar-refractivity contribution in [3.8, 4) is 23.0 Å². The van der Waals surface area contributed by atoms with E-state index >= 15 is 0 Å². The fourth-order valence-electron chi connectivity index (χ4n) is 4.46. The van der Waals surface area contributed by atoms with Crippen LogP contribution >= 0.6 is 0 Å². The van der Waals surface area contributed by atoms with Gasteiger partial charge in [-0.25, -0.2) is 4.68 Å². The summed E-state index contributed by atoms with van der Waals surface area (Å²) in [6.45, 7) is 4.32. The number of aromatic nitrogens is 2. The summed E-state index contributed by atoms with van der Waals surface area (Å²) in [5.41, 5.74) is 5.06. The monoisotopic (exact) mass is 369 g/mol. The second kappa shape index (κ2) is 6.50. The number of hydrogen-bond donors (Lipinski definition) is 1. The van der Waals surface area contributed by atoms with Gasteiger partial charge in [-0.1, -0.05) is 29.8 Å². The van der Waals surface area contributed by atoms with Crippen LogP contribution < -0.4 is 10.2 Å². The van der Waals surface area contributed by atoms with E-state index in [1.165, 1.54) is 5.56 Å². The van der Waals surface area contributed by atoms with Gasteiger partial charge in [0.05, 0.1) is 23.0 Å². The van der Waals surface area contributed by atoms with E-state index in [4.69, 9.17) is 10.4 Å². The average Bonchev–Trinajstić information content (AvgIpc) is 3.08. The number of rotatable bonds is 4. The molecule has 28 heavy (non-hydrogen) atoms. The zero-order valence-corrected chi connectivity index (χ0v) is 16.1. The van der Waals surface area contributed by atoms with Gasteiger partial charge in [-0.3, -0.25) is 0 Å². The molecule has 1 saturated heterocycles. The van der Waals surface area contributed by atoms with E-state index < -0.39 is 0 Å². The summed E-state index contributed by atoms with van der Waals surface area (Å²) in [6.07, 6.45) is 0. The molecular formula is C23H23N5. The predicted octanol–water partition coefficient (Wildman–Crippen LogP) is 3.37. The van der Waals surface area contributed by atoms with Gasteiger partial charge in [0.2, 0.25) is 0 Å². The van der Waals surface area contributed by atoms with Crippen LogP contribution in [0.15, 0.2) is 54.6 Å². The number of nitrogens with zero attached hydrogens (tertiary/aromatic N) is 4. The molecule has 5 rings (SSSR count). The third-order valence-corrected chi connectivity index (χ3v) is 6.14. The first-order valence-electron chi connectivity index (χ1n) is 9.77. The number of nitrogens with one attached hydrogen (secondary N) is 1. The fourth-order valence-corrected chi connectivity index (χ4v) is 4.46. The molecule has 2 fully saturated rings. The molecule has 2 aliphatic rings. The van der Waals surface area contributed by atoms with Gasteiger partial charge in [0.1, 0.15) is 0 Å². The maximum absolute atomic E-state index is 9.10. The highest BCUT2D eigenvalue weighted by atomic mass is 15.4. The van der Waals surface area contributed by atoms with Gasteiger partial charge in [-0.2, -0.15) is 5.26 Å². The first-order valence-corrected chi connectivity index (χ1v) is 9.77. The first kappa shape index (κ1) is 17.0. The molecule has 5 nitrogen and oxygen atoms in total. The lowest BCUT2D eigenvalue weighted by Crippen LogP contribution is -2.29. The van der Waals surface area contributed by atoms with Crippen LogP contribution in [0.25, 0.3) is 16.9 Å². The van der Waals surface area contributed by atoms with Crippen molar-refractivity contribution in [2.45, 2.75) is 13.0 Å². The zero-order valence-electron chi connectivity index (χ0n) is 16.1. The van der Waals surface area contributed by atoms with Crippen molar-refractivity contribution in [3.05, 3.63) is 65.7 Å². The van der Waals surface area contributed by atoms with Crippen molar-refractivity contribution in [2.75, 3.05) is 25.0 Å². The van der Waals surface area contributed by atoms with Gasteiger partial charge < -0.3 is 10.2 Å². The molecule has 0 bridgehead atoms. The van der Waals surface area contributed by atoms with Crippen LogP contribution in [0.1, 0.15) is 11.1 Å². The maximum Gasteiger partial charge on any atom is 0.151 e. The third-order valence-electron chi connectivity index (χ3n) is 6.14. The van der Waals surface area contributed by atoms with Gasteiger partial charge >= 0.3 is 0 Å². The predicted molar refractivity (Wildman–Crippen MR) is 110 cm³/mol. The van der Waals surface area contributed by atoms with Gasteiger partial charge in [0, 0.05) is 37.8 Å². The number of nitriles is 1. The van der Waals surface area contributed by atoms with E-state index in [0.717, 1.165) is 47.7 Å². The number of aryl methyl sites for hydroxylation is 1. The minimum Gasteiger partial charge on any atom is -0.355 e. The fraction of sp³-hybridized carbons (Fsp3) is 0.304. The summed E-state index contributed by atoms with van der Waals surface area (Å²) in [4.78, 5) is 2.34. The summed E-state index contributed by atoms with van der Waals surface area (Å²) in [7, 11) is 2.16. The van der Waals surface area contributed by atoms with E-state index in [9.17, 15) is 0 Å². The molecule has 1 unspecified atom stereocenters. The van der Waals surface area contributed by atoms with Crippen LogP contribution in [0, 0.1) is 30.1 Å². The standard InChI is InChI=1S/C23H23N5/c1-15-3-7-17(8-4-15)21-11-22(27(2)23-19-13-25-14-20(19)23)26-28(21)18-9-5-16(12-24)6-10-18/h3-11,19-20,23,25H,13-14H2,1-2H3/t19-,20+,23?. The summed E-state index contributed by atoms with van der Waals surface area (Å²) >= 11 is 0. The first-order chi connectivity index (χ1) is 13.7. The number of hydrogen-bond acceptors (Lipinski definition) is 4. The van der Waals surface area contributed by atoms with E-state index in [1.54, 1.807) is 0 Å². The van der Waals surface area contributed by atoms with Crippen molar-refractivity contribution in [2.24, 2.45) is 11.8 Å². The molecule has 1 aliphatic heterocycles. The third kappa shape index (κ3) is 2.78. The van der Waals surface area contributed by atoms with Crippen LogP contribution in [-0.2, 0) is 0 Å². The van der Waals surface area contributed by atoms with Crippen molar-refractivity contribution in [3.63, 3.8) is 0 Å². The van der Waals surface area contributed by atoms with Crippen LogP contribution in [0.4, 0.5) is 5.82 Å². The van der Waals surface area contributed by atoms with Gasteiger partial charge in [-0.05, 0) is 43.0 Å². The molecule has 1 N–H and O–H groups in total. The Morgan fingerprint density at radius 2 is 1.75 bits per heavy atom. The Bertz CT molecular complexity index is 1030. The molecule has 0 spiro atoms. The molecule has 1 aromatic heterocycles. The number of fused-ring (bicyclic) bond motifs is 1. The Morgan fingerprint density at radius 1 is 1.07 bits per heavy atom. The number of benzene rings is 2. The minimum absolute atomic E-state index is 0.580. The van der Waals surface area contributed by atoms with E-state index in [0.29, 0.717) is 11.6 Å². The molecule has 1 aliphatic carbocycles. The SMILES string of the molecule is Cc1ccc(-c2cc(N(C)C3[C@H]4CNC[C@@H]34)nn2-c2ccc(C#N)cc2)cc1. The summed E-state index contributed by atoms with van der Waals surface area (Å²) in [5.74, 6) is 2.49. The normalized spacial score (nSPS) is 22.5. The van der Waals surface area contributed by atoms with Crippen LogP contribution in [-0.4, -0.2) is 36.0 Å². The Hall–Kier alpha value is -3.10. The van der Waals surface area contributed by atoms with Gasteiger partial charge in [-0.15, -0.1) is 5.10 Å². The second-order valence-corrected chi connectivity index (χ2v) is 7.91. The Kier molecular flexibility index (Phi) is 3.96. The second-order valence-electron chi connectivity index (χ2n) is 7.91. The van der Waals surface area contributed by atoms with Crippen molar-refractivity contribution >= 4 is 5.82 Å². The molecule has 0 radical (unpaired) electrons. The number of anilines is 1. The molecule has 0 amide bonds. The van der Waals surface area contributed by atoms with E-state index in [1.807, 2.05) is 28.9 Å². The van der Waals surface area contributed by atoms with Crippen molar-refractivity contribution in [1.82, 2.24) is 15.1 Å².